The fourth-order valence-electron chi connectivity index (χ4n) is 3.32. The third-order valence-corrected chi connectivity index (χ3v) is 5.42. The predicted molar refractivity (Wildman–Crippen MR) is 125 cm³/mol. The van der Waals surface area contributed by atoms with E-state index in [9.17, 15) is 0 Å². The predicted octanol–water partition coefficient (Wildman–Crippen LogP) is 7.97. The summed E-state index contributed by atoms with van der Waals surface area (Å²) in [4.78, 5) is 7.68. The van der Waals surface area contributed by atoms with Crippen molar-refractivity contribution in [1.82, 2.24) is 9.97 Å². The molecule has 5 heteroatoms. The summed E-state index contributed by atoms with van der Waals surface area (Å²) in [5.41, 5.74) is 4.71. The van der Waals surface area contributed by atoms with Crippen molar-refractivity contribution >= 4 is 46.3 Å². The number of nitrogens with one attached hydrogen (secondary N) is 1. The maximum Gasteiger partial charge on any atom is 0.135 e. The number of para-hydroxylation sites is 1. The van der Waals surface area contributed by atoms with Crippen LogP contribution in [-0.4, -0.2) is 9.97 Å². The molecule has 1 N–H and O–H groups in total. The van der Waals surface area contributed by atoms with Gasteiger partial charge in [0.25, 0.3) is 0 Å². The fraction of sp³-hybridized carbons (Fsp3) is 0. The summed E-state index contributed by atoms with van der Waals surface area (Å²) in [5, 5.41) is 2.29. The van der Waals surface area contributed by atoms with Gasteiger partial charge < -0.3 is 9.40 Å². The molecule has 0 aliphatic carbocycles. The number of fused-ring (bicyclic) bond motifs is 1. The summed E-state index contributed by atoms with van der Waals surface area (Å²) in [6.07, 6.45) is 5.71. The molecule has 30 heavy (non-hydrogen) atoms. The van der Waals surface area contributed by atoms with Gasteiger partial charge in [0, 0.05) is 21.5 Å². The van der Waals surface area contributed by atoms with E-state index in [1.165, 1.54) is 0 Å². The average Bonchev–Trinajstić information content (AvgIpc) is 3.40. The smallest absolute Gasteiger partial charge is 0.135 e. The van der Waals surface area contributed by atoms with Gasteiger partial charge in [0.05, 0.1) is 16.9 Å². The standard InChI is InChI=1S/C25H16Cl2N2O/c26-19-10-11-20(21(27)14-19)22-15-28-25(29-22)12-7-16-5-8-17(9-6-16)24-13-18-3-1-2-4-23(18)30-24/h1-15H,(H,28,29)/b12-7+. The van der Waals surface area contributed by atoms with E-state index in [-0.39, 0.29) is 0 Å². The first-order valence-corrected chi connectivity index (χ1v) is 10.2. The van der Waals surface area contributed by atoms with Gasteiger partial charge in [-0.05, 0) is 42.0 Å². The number of hydrogen-bond donors (Lipinski definition) is 1. The van der Waals surface area contributed by atoms with E-state index in [1.54, 1.807) is 12.3 Å². The molecule has 146 valence electrons. The van der Waals surface area contributed by atoms with Crippen molar-refractivity contribution < 1.29 is 4.42 Å². The van der Waals surface area contributed by atoms with Crippen LogP contribution in [0.4, 0.5) is 0 Å². The second-order valence-corrected chi connectivity index (χ2v) is 7.75. The van der Waals surface area contributed by atoms with Crippen molar-refractivity contribution in [3.63, 3.8) is 0 Å². The third-order valence-electron chi connectivity index (χ3n) is 4.87. The normalized spacial score (nSPS) is 11.5. The number of furan rings is 1. The summed E-state index contributed by atoms with van der Waals surface area (Å²) in [6.45, 7) is 0. The molecule has 0 amide bonds. The van der Waals surface area contributed by atoms with Crippen molar-refractivity contribution in [3.05, 3.63) is 100 Å². The second-order valence-electron chi connectivity index (χ2n) is 6.91. The first-order chi connectivity index (χ1) is 14.7. The SMILES string of the molecule is Clc1ccc(-c2cnc(/C=C/c3ccc(-c4cc5ccccc5o4)cc3)[nH]2)c(Cl)c1. The monoisotopic (exact) mass is 430 g/mol. The summed E-state index contributed by atoms with van der Waals surface area (Å²) in [7, 11) is 0. The minimum Gasteiger partial charge on any atom is -0.456 e. The van der Waals surface area contributed by atoms with Gasteiger partial charge in [0.15, 0.2) is 0 Å². The molecule has 0 spiro atoms. The number of hydrogen-bond acceptors (Lipinski definition) is 2. The molecule has 5 rings (SSSR count). The minimum atomic E-state index is 0.586. The van der Waals surface area contributed by atoms with Crippen LogP contribution in [0, 0.1) is 0 Å². The van der Waals surface area contributed by atoms with Crippen molar-refractivity contribution in [1.29, 1.82) is 0 Å². The van der Waals surface area contributed by atoms with Gasteiger partial charge in [-0.1, -0.05) is 71.7 Å². The van der Waals surface area contributed by atoms with Gasteiger partial charge in [0.1, 0.15) is 17.2 Å². The number of benzene rings is 3. The topological polar surface area (TPSA) is 41.8 Å². The Morgan fingerprint density at radius 2 is 1.70 bits per heavy atom. The van der Waals surface area contributed by atoms with Crippen molar-refractivity contribution in [3.8, 4) is 22.6 Å². The zero-order valence-electron chi connectivity index (χ0n) is 15.8. The largest absolute Gasteiger partial charge is 0.456 e. The molecule has 3 nitrogen and oxygen atoms in total. The Morgan fingerprint density at radius 3 is 2.50 bits per heavy atom. The molecule has 0 bridgehead atoms. The van der Waals surface area contributed by atoms with E-state index in [1.807, 2.05) is 48.6 Å². The number of aromatic amines is 1. The van der Waals surface area contributed by atoms with E-state index >= 15 is 0 Å². The van der Waals surface area contributed by atoms with Crippen molar-refractivity contribution in [2.75, 3.05) is 0 Å². The highest BCUT2D eigenvalue weighted by atomic mass is 35.5. The van der Waals surface area contributed by atoms with Crippen LogP contribution in [0.25, 0.3) is 45.7 Å². The molecule has 0 unspecified atom stereocenters. The minimum absolute atomic E-state index is 0.586. The van der Waals surface area contributed by atoms with E-state index < -0.39 is 0 Å². The van der Waals surface area contributed by atoms with Gasteiger partial charge in [-0.25, -0.2) is 4.98 Å². The van der Waals surface area contributed by atoms with Crippen LogP contribution in [0.2, 0.25) is 10.0 Å². The highest BCUT2D eigenvalue weighted by Gasteiger charge is 2.07. The Labute approximate surface area is 183 Å². The zero-order chi connectivity index (χ0) is 20.5. The molecule has 3 aromatic carbocycles. The van der Waals surface area contributed by atoms with Crippen molar-refractivity contribution in [2.24, 2.45) is 0 Å². The number of rotatable bonds is 4. The van der Waals surface area contributed by atoms with E-state index in [4.69, 9.17) is 27.6 Å². The number of nitrogens with zero attached hydrogens (tertiary/aromatic N) is 1. The van der Waals surface area contributed by atoms with Crippen LogP contribution in [0.1, 0.15) is 11.4 Å². The highest BCUT2D eigenvalue weighted by molar-refractivity contribution is 6.36. The number of imidazole rings is 1. The third kappa shape index (κ3) is 3.78. The number of H-pyrrole nitrogens is 1. The molecule has 5 aromatic rings. The van der Waals surface area contributed by atoms with Crippen LogP contribution in [0.3, 0.4) is 0 Å². The molecule has 0 saturated carbocycles. The summed E-state index contributed by atoms with van der Waals surface area (Å²) in [5.74, 6) is 1.61. The Hall–Kier alpha value is -3.27. The van der Waals surface area contributed by atoms with Gasteiger partial charge in [0.2, 0.25) is 0 Å². The molecule has 0 fully saturated rings. The molecular weight excluding hydrogens is 415 g/mol. The van der Waals surface area contributed by atoms with Gasteiger partial charge >= 0.3 is 0 Å². The Morgan fingerprint density at radius 1 is 0.867 bits per heavy atom. The van der Waals surface area contributed by atoms with Crippen LogP contribution in [0.5, 0.6) is 0 Å². The number of halogens is 2. The zero-order valence-corrected chi connectivity index (χ0v) is 17.3. The Bertz CT molecular complexity index is 1330. The quantitative estimate of drug-likeness (QED) is 0.314. The average molecular weight is 431 g/mol. The molecule has 2 aromatic heterocycles. The molecule has 0 aliphatic rings. The van der Waals surface area contributed by atoms with Crippen LogP contribution >= 0.6 is 23.2 Å². The molecule has 0 radical (unpaired) electrons. The Balaban J connectivity index is 1.34. The van der Waals surface area contributed by atoms with Crippen molar-refractivity contribution in [2.45, 2.75) is 0 Å². The molecular formula is C25H16Cl2N2O. The van der Waals surface area contributed by atoms with Crippen LogP contribution in [-0.2, 0) is 0 Å². The first-order valence-electron chi connectivity index (χ1n) is 9.43. The summed E-state index contributed by atoms with van der Waals surface area (Å²) >= 11 is 12.3. The first kappa shape index (κ1) is 18.7. The van der Waals surface area contributed by atoms with Crippen LogP contribution < -0.4 is 0 Å². The molecule has 0 aliphatic heterocycles. The maximum atomic E-state index is 6.28. The lowest BCUT2D eigenvalue weighted by Gasteiger charge is -2.01. The fourth-order valence-corrected chi connectivity index (χ4v) is 3.83. The van der Waals surface area contributed by atoms with Gasteiger partial charge in [-0.15, -0.1) is 0 Å². The highest BCUT2D eigenvalue weighted by Crippen LogP contribution is 2.30. The van der Waals surface area contributed by atoms with Crippen LogP contribution in [0.15, 0.2) is 83.4 Å². The molecule has 0 atom stereocenters. The van der Waals surface area contributed by atoms with E-state index in [0.29, 0.717) is 10.0 Å². The summed E-state index contributed by atoms with van der Waals surface area (Å²) in [6, 6.07) is 23.7. The van der Waals surface area contributed by atoms with Gasteiger partial charge in [-0.2, -0.15) is 0 Å². The van der Waals surface area contributed by atoms with E-state index in [0.717, 1.165) is 44.9 Å². The van der Waals surface area contributed by atoms with Gasteiger partial charge in [-0.3, -0.25) is 0 Å². The Kier molecular flexibility index (Phi) is 4.91. The lowest BCUT2D eigenvalue weighted by Crippen LogP contribution is -1.80. The van der Waals surface area contributed by atoms with E-state index in [2.05, 4.69) is 40.3 Å². The number of aromatic nitrogens is 2. The molecule has 2 heterocycles. The summed E-state index contributed by atoms with van der Waals surface area (Å²) < 4.78 is 5.93. The second kappa shape index (κ2) is 7.86. The molecule has 0 saturated heterocycles. The lowest BCUT2D eigenvalue weighted by atomic mass is 10.1. The maximum absolute atomic E-state index is 6.28. The lowest BCUT2D eigenvalue weighted by molar-refractivity contribution is 0.631.